The van der Waals surface area contributed by atoms with Crippen LogP contribution in [0.3, 0.4) is 0 Å². The summed E-state index contributed by atoms with van der Waals surface area (Å²) < 4.78 is 6.39. The van der Waals surface area contributed by atoms with E-state index in [0.29, 0.717) is 17.1 Å². The molecule has 3 aromatic rings. The lowest BCUT2D eigenvalue weighted by molar-refractivity contribution is 0.0600. The summed E-state index contributed by atoms with van der Waals surface area (Å²) in [6.07, 6.45) is 0.588. The first-order valence-electron chi connectivity index (χ1n) is 7.88. The second-order valence-electron chi connectivity index (χ2n) is 5.83. The van der Waals surface area contributed by atoms with Gasteiger partial charge in [0.25, 0.3) is 0 Å². The van der Waals surface area contributed by atoms with Crippen LogP contribution in [0.1, 0.15) is 34.8 Å². The Bertz CT molecular complexity index is 899. The van der Waals surface area contributed by atoms with Crippen LogP contribution in [0.2, 0.25) is 0 Å². The summed E-state index contributed by atoms with van der Waals surface area (Å²) in [4.78, 5) is 16.2. The maximum absolute atomic E-state index is 12.1. The number of hydrogen-bond acceptors (Lipinski definition) is 5. The Morgan fingerprint density at radius 3 is 2.52 bits per heavy atom. The zero-order valence-electron chi connectivity index (χ0n) is 14.3. The van der Waals surface area contributed by atoms with Gasteiger partial charge in [0.1, 0.15) is 12.4 Å². The second-order valence-corrected chi connectivity index (χ2v) is 5.83. The van der Waals surface area contributed by atoms with Crippen LogP contribution in [-0.2, 0) is 4.74 Å². The highest BCUT2D eigenvalue weighted by molar-refractivity contribution is 5.92. The molecular formula is C19H19N3O3. The Morgan fingerprint density at radius 2 is 1.88 bits per heavy atom. The molecule has 1 N–H and O–H groups in total. The van der Waals surface area contributed by atoms with Gasteiger partial charge in [0.05, 0.1) is 18.4 Å². The molecule has 0 aliphatic heterocycles. The van der Waals surface area contributed by atoms with Crippen LogP contribution in [0.5, 0.6) is 0 Å². The van der Waals surface area contributed by atoms with Gasteiger partial charge >= 0.3 is 5.97 Å². The molecule has 0 saturated carbocycles. The Morgan fingerprint density at radius 1 is 1.16 bits per heavy atom. The van der Waals surface area contributed by atoms with Crippen molar-refractivity contribution in [3.05, 3.63) is 65.7 Å². The van der Waals surface area contributed by atoms with Gasteiger partial charge in [-0.05, 0) is 43.2 Å². The molecule has 0 fully saturated rings. The van der Waals surface area contributed by atoms with E-state index in [0.717, 1.165) is 16.7 Å². The van der Waals surface area contributed by atoms with E-state index in [4.69, 9.17) is 4.74 Å². The predicted molar refractivity (Wildman–Crippen MR) is 93.5 cm³/mol. The number of aliphatic hydroxyl groups is 1. The number of aryl methyl sites for hydroxylation is 1. The van der Waals surface area contributed by atoms with E-state index in [-0.39, 0.29) is 0 Å². The van der Waals surface area contributed by atoms with E-state index in [2.05, 4.69) is 10.1 Å². The molecule has 0 aliphatic carbocycles. The third-order valence-corrected chi connectivity index (χ3v) is 3.92. The van der Waals surface area contributed by atoms with Gasteiger partial charge in [0.2, 0.25) is 0 Å². The van der Waals surface area contributed by atoms with Crippen molar-refractivity contribution in [2.75, 3.05) is 7.11 Å². The first-order valence-corrected chi connectivity index (χ1v) is 7.88. The molecule has 0 bridgehead atoms. The van der Waals surface area contributed by atoms with E-state index in [1.165, 1.54) is 18.1 Å². The molecule has 2 aromatic carbocycles. The number of benzene rings is 2. The van der Waals surface area contributed by atoms with Gasteiger partial charge in [-0.2, -0.15) is 5.10 Å². The molecule has 0 saturated heterocycles. The summed E-state index contributed by atoms with van der Waals surface area (Å²) >= 11 is 0. The highest BCUT2D eigenvalue weighted by atomic mass is 16.5. The molecule has 0 radical (unpaired) electrons. The molecule has 0 amide bonds. The Balaban J connectivity index is 2.18. The van der Waals surface area contributed by atoms with Crippen molar-refractivity contribution in [3.8, 4) is 16.8 Å². The van der Waals surface area contributed by atoms with E-state index in [9.17, 15) is 9.90 Å². The van der Waals surface area contributed by atoms with Crippen LogP contribution >= 0.6 is 0 Å². The third-order valence-electron chi connectivity index (χ3n) is 3.92. The summed E-state index contributed by atoms with van der Waals surface area (Å²) in [7, 11) is 1.34. The number of aliphatic hydroxyl groups excluding tert-OH is 1. The van der Waals surface area contributed by atoms with Crippen LogP contribution in [-0.4, -0.2) is 33.0 Å². The van der Waals surface area contributed by atoms with Gasteiger partial charge in [-0.25, -0.2) is 14.5 Å². The Labute approximate surface area is 145 Å². The number of aromatic nitrogens is 3. The zero-order valence-corrected chi connectivity index (χ0v) is 14.3. The monoisotopic (exact) mass is 337 g/mol. The number of nitrogens with zero attached hydrogens (tertiary/aromatic N) is 3. The van der Waals surface area contributed by atoms with Crippen molar-refractivity contribution in [2.24, 2.45) is 0 Å². The second kappa shape index (κ2) is 6.86. The van der Waals surface area contributed by atoms with Crippen LogP contribution in [0.25, 0.3) is 16.8 Å². The summed E-state index contributed by atoms with van der Waals surface area (Å²) in [5.74, 6) is -0.0363. The molecule has 3 rings (SSSR count). The molecule has 0 spiro atoms. The molecule has 0 aliphatic rings. The number of ether oxygens (including phenoxy) is 1. The van der Waals surface area contributed by atoms with Crippen LogP contribution in [0, 0.1) is 6.92 Å². The lowest BCUT2D eigenvalue weighted by Crippen LogP contribution is -2.09. The summed E-state index contributed by atoms with van der Waals surface area (Å²) in [5, 5.41) is 14.1. The van der Waals surface area contributed by atoms with Gasteiger partial charge < -0.3 is 9.84 Å². The SMILES string of the molecule is COC(=O)c1cc(-c2ccc(C)cc2)cc(-n2ncnc2C(C)O)c1. The minimum Gasteiger partial charge on any atom is -0.465 e. The van der Waals surface area contributed by atoms with E-state index < -0.39 is 12.1 Å². The number of esters is 1. The minimum absolute atomic E-state index is 0.400. The summed E-state index contributed by atoms with van der Waals surface area (Å²) in [6.45, 7) is 3.63. The highest BCUT2D eigenvalue weighted by Crippen LogP contribution is 2.26. The average molecular weight is 337 g/mol. The molecule has 128 valence electrons. The van der Waals surface area contributed by atoms with Crippen molar-refractivity contribution < 1.29 is 14.6 Å². The van der Waals surface area contributed by atoms with E-state index in [1.807, 2.05) is 37.3 Å². The zero-order chi connectivity index (χ0) is 18.0. The molecule has 25 heavy (non-hydrogen) atoms. The van der Waals surface area contributed by atoms with Gasteiger partial charge in [0, 0.05) is 0 Å². The van der Waals surface area contributed by atoms with Gasteiger partial charge in [-0.3, -0.25) is 0 Å². The molecule has 6 nitrogen and oxygen atoms in total. The molecule has 1 heterocycles. The van der Waals surface area contributed by atoms with E-state index >= 15 is 0 Å². The highest BCUT2D eigenvalue weighted by Gasteiger charge is 2.16. The maximum atomic E-state index is 12.1. The fraction of sp³-hybridized carbons (Fsp3) is 0.211. The first kappa shape index (κ1) is 16.9. The number of hydrogen-bond donors (Lipinski definition) is 1. The van der Waals surface area contributed by atoms with E-state index in [1.54, 1.807) is 19.1 Å². The summed E-state index contributed by atoms with van der Waals surface area (Å²) in [6, 6.07) is 13.4. The maximum Gasteiger partial charge on any atom is 0.337 e. The number of carbonyl (C=O) groups excluding carboxylic acids is 1. The predicted octanol–water partition coefficient (Wildman–Crippen LogP) is 3.08. The van der Waals surface area contributed by atoms with Gasteiger partial charge in [0.15, 0.2) is 5.82 Å². The quantitative estimate of drug-likeness (QED) is 0.740. The van der Waals surface area contributed by atoms with Gasteiger partial charge in [-0.1, -0.05) is 29.8 Å². The summed E-state index contributed by atoms with van der Waals surface area (Å²) in [5.41, 5.74) is 4.01. The molecule has 1 atom stereocenters. The van der Waals surface area contributed by atoms with Crippen LogP contribution < -0.4 is 0 Å². The fourth-order valence-electron chi connectivity index (χ4n) is 2.62. The number of methoxy groups -OCH3 is 1. The minimum atomic E-state index is -0.785. The van der Waals surface area contributed by atoms with Crippen molar-refractivity contribution >= 4 is 5.97 Å². The molecule has 6 heteroatoms. The van der Waals surface area contributed by atoms with Crippen molar-refractivity contribution in [3.63, 3.8) is 0 Å². The molecular weight excluding hydrogens is 318 g/mol. The smallest absolute Gasteiger partial charge is 0.337 e. The first-order chi connectivity index (χ1) is 12.0. The third kappa shape index (κ3) is 3.44. The van der Waals surface area contributed by atoms with Crippen molar-refractivity contribution in [2.45, 2.75) is 20.0 Å². The molecule has 1 unspecified atom stereocenters. The standard InChI is InChI=1S/C19H19N3O3/c1-12-4-6-14(7-5-12)15-8-16(19(24)25-3)10-17(9-15)22-18(13(2)23)20-11-21-22/h4-11,13,23H,1-3H3. The van der Waals surface area contributed by atoms with Crippen molar-refractivity contribution in [1.29, 1.82) is 0 Å². The average Bonchev–Trinajstić information content (AvgIpc) is 3.11. The number of carbonyl (C=O) groups is 1. The lowest BCUT2D eigenvalue weighted by atomic mass is 10.0. The number of rotatable bonds is 4. The normalized spacial score (nSPS) is 12.0. The molecule has 1 aromatic heterocycles. The fourth-order valence-corrected chi connectivity index (χ4v) is 2.62. The van der Waals surface area contributed by atoms with Gasteiger partial charge in [-0.15, -0.1) is 0 Å². The Kier molecular flexibility index (Phi) is 4.63. The van der Waals surface area contributed by atoms with Crippen molar-refractivity contribution in [1.82, 2.24) is 14.8 Å². The largest absolute Gasteiger partial charge is 0.465 e. The van der Waals surface area contributed by atoms with Crippen LogP contribution in [0.4, 0.5) is 0 Å². The van der Waals surface area contributed by atoms with Crippen LogP contribution in [0.15, 0.2) is 48.8 Å². The topological polar surface area (TPSA) is 77.2 Å². The lowest BCUT2D eigenvalue weighted by Gasteiger charge is -2.12. The Hall–Kier alpha value is -2.99.